The molecule has 0 radical (unpaired) electrons. The number of fused-ring (bicyclic) bond motifs is 1. The van der Waals surface area contributed by atoms with Crippen molar-refractivity contribution in [2.45, 2.75) is 18.9 Å². The van der Waals surface area contributed by atoms with Gasteiger partial charge >= 0.3 is 0 Å². The van der Waals surface area contributed by atoms with Crippen LogP contribution >= 0.6 is 0 Å². The number of hydrogen-bond donors (Lipinski definition) is 2. The molecule has 1 amide bonds. The Morgan fingerprint density at radius 3 is 3.17 bits per heavy atom. The first-order valence-electron chi connectivity index (χ1n) is 6.07. The highest BCUT2D eigenvalue weighted by Crippen LogP contribution is 2.33. The Kier molecular flexibility index (Phi) is 4.15. The summed E-state index contributed by atoms with van der Waals surface area (Å²) in [4.78, 5) is 11.6. The van der Waals surface area contributed by atoms with Gasteiger partial charge in [0, 0.05) is 5.56 Å². The predicted molar refractivity (Wildman–Crippen MR) is 65.9 cm³/mol. The zero-order valence-corrected chi connectivity index (χ0v) is 10.3. The third-order valence-electron chi connectivity index (χ3n) is 2.93. The van der Waals surface area contributed by atoms with Crippen molar-refractivity contribution in [3.05, 3.63) is 29.6 Å². The molecule has 1 aliphatic heterocycles. The number of ether oxygens (including phenoxy) is 1. The smallest absolute Gasteiger partial charge is 0.234 e. The average Bonchev–Trinajstić information content (AvgIpc) is 2.54. The van der Waals surface area contributed by atoms with Gasteiger partial charge in [0.15, 0.2) is 11.6 Å². The number of halogens is 1. The minimum Gasteiger partial charge on any atom is -0.490 e. The van der Waals surface area contributed by atoms with Gasteiger partial charge in [0.25, 0.3) is 0 Å². The highest BCUT2D eigenvalue weighted by atomic mass is 19.1. The van der Waals surface area contributed by atoms with Crippen molar-refractivity contribution in [1.82, 2.24) is 10.6 Å². The van der Waals surface area contributed by atoms with E-state index in [2.05, 4.69) is 10.6 Å². The molecule has 0 fully saturated rings. The van der Waals surface area contributed by atoms with Crippen molar-refractivity contribution in [1.29, 1.82) is 0 Å². The van der Waals surface area contributed by atoms with Crippen molar-refractivity contribution in [2.24, 2.45) is 0 Å². The first-order chi connectivity index (χ1) is 8.72. The minimum atomic E-state index is -0.373. The van der Waals surface area contributed by atoms with E-state index in [1.54, 1.807) is 19.2 Å². The van der Waals surface area contributed by atoms with Gasteiger partial charge in [-0.1, -0.05) is 12.1 Å². The maximum Gasteiger partial charge on any atom is 0.234 e. The number of nitrogens with one attached hydrogen (secondary N) is 2. The zero-order chi connectivity index (χ0) is 13.0. The second kappa shape index (κ2) is 5.82. The molecule has 0 saturated heterocycles. The number of likely N-dealkylation sites (N-methyl/N-ethyl adjacent to an activating group) is 1. The third kappa shape index (κ3) is 2.79. The van der Waals surface area contributed by atoms with Crippen molar-refractivity contribution in [3.8, 4) is 5.75 Å². The van der Waals surface area contributed by atoms with E-state index in [4.69, 9.17) is 4.74 Å². The Hall–Kier alpha value is -1.62. The molecule has 0 aromatic heterocycles. The fourth-order valence-electron chi connectivity index (χ4n) is 2.13. The number of amides is 1. The van der Waals surface area contributed by atoms with E-state index in [0.29, 0.717) is 6.61 Å². The number of para-hydroxylation sites is 1. The summed E-state index contributed by atoms with van der Waals surface area (Å²) in [6, 6.07) is 4.63. The van der Waals surface area contributed by atoms with Crippen LogP contribution in [0.3, 0.4) is 0 Å². The van der Waals surface area contributed by atoms with Crippen molar-refractivity contribution < 1.29 is 13.9 Å². The van der Waals surface area contributed by atoms with Gasteiger partial charge < -0.3 is 15.4 Å². The number of rotatable bonds is 3. The molecule has 18 heavy (non-hydrogen) atoms. The predicted octanol–water partition coefficient (Wildman–Crippen LogP) is 1.37. The molecule has 1 aliphatic rings. The van der Waals surface area contributed by atoms with Crippen LogP contribution in [-0.4, -0.2) is 26.1 Å². The number of carbonyl (C=O) groups excluding carboxylic acids is 1. The van der Waals surface area contributed by atoms with E-state index in [1.165, 1.54) is 6.07 Å². The molecule has 0 spiro atoms. The van der Waals surface area contributed by atoms with E-state index in [9.17, 15) is 9.18 Å². The summed E-state index contributed by atoms with van der Waals surface area (Å²) in [5.74, 6) is -0.202. The topological polar surface area (TPSA) is 50.4 Å². The summed E-state index contributed by atoms with van der Waals surface area (Å²) in [7, 11) is 1.71. The van der Waals surface area contributed by atoms with Crippen molar-refractivity contribution in [2.75, 3.05) is 20.2 Å². The SMILES string of the molecule is CNCC(=O)NC1CCCOc2c(F)cccc21. The molecule has 4 nitrogen and oxygen atoms in total. The lowest BCUT2D eigenvalue weighted by atomic mass is 10.0. The Morgan fingerprint density at radius 2 is 2.39 bits per heavy atom. The number of carbonyl (C=O) groups is 1. The molecule has 5 heteroatoms. The fraction of sp³-hybridized carbons (Fsp3) is 0.462. The van der Waals surface area contributed by atoms with Gasteiger partial charge in [0.05, 0.1) is 19.2 Å². The summed E-state index contributed by atoms with van der Waals surface area (Å²) in [5.41, 5.74) is 0.719. The maximum atomic E-state index is 13.7. The van der Waals surface area contributed by atoms with Gasteiger partial charge in [0.2, 0.25) is 5.91 Å². The first-order valence-corrected chi connectivity index (χ1v) is 6.07. The first kappa shape index (κ1) is 12.8. The normalized spacial score (nSPS) is 18.4. The van der Waals surface area contributed by atoms with E-state index >= 15 is 0 Å². The lowest BCUT2D eigenvalue weighted by Crippen LogP contribution is -2.35. The molecule has 1 unspecified atom stereocenters. The Morgan fingerprint density at radius 1 is 1.56 bits per heavy atom. The Bertz CT molecular complexity index is 437. The number of hydrogen-bond acceptors (Lipinski definition) is 3. The molecule has 98 valence electrons. The van der Waals surface area contributed by atoms with E-state index in [1.807, 2.05) is 0 Å². The summed E-state index contributed by atoms with van der Waals surface area (Å²) in [5, 5.41) is 5.69. The largest absolute Gasteiger partial charge is 0.490 e. The maximum absolute atomic E-state index is 13.7. The standard InChI is InChI=1S/C13H17FN2O2/c1-15-8-12(17)16-11-6-3-7-18-13-9(11)4-2-5-10(13)14/h2,4-5,11,15H,3,6-8H2,1H3,(H,16,17). The van der Waals surface area contributed by atoms with Gasteiger partial charge in [-0.25, -0.2) is 4.39 Å². The van der Waals surface area contributed by atoms with E-state index in [-0.39, 0.29) is 30.1 Å². The van der Waals surface area contributed by atoms with Gasteiger partial charge in [-0.2, -0.15) is 0 Å². The monoisotopic (exact) mass is 252 g/mol. The minimum absolute atomic E-state index is 0.0976. The number of benzene rings is 1. The molecule has 1 aromatic rings. The fourth-order valence-corrected chi connectivity index (χ4v) is 2.13. The molecule has 0 bridgehead atoms. The van der Waals surface area contributed by atoms with Crippen LogP contribution in [0, 0.1) is 5.82 Å². The highest BCUT2D eigenvalue weighted by molar-refractivity contribution is 5.78. The summed E-state index contributed by atoms with van der Waals surface area (Å²) in [6.07, 6.45) is 1.55. The quantitative estimate of drug-likeness (QED) is 0.854. The van der Waals surface area contributed by atoms with Crippen LogP contribution in [0.15, 0.2) is 18.2 Å². The molecular weight excluding hydrogens is 235 g/mol. The molecule has 2 rings (SSSR count). The Balaban J connectivity index is 2.22. The van der Waals surface area contributed by atoms with Crippen molar-refractivity contribution in [3.63, 3.8) is 0 Å². The zero-order valence-electron chi connectivity index (χ0n) is 10.3. The summed E-state index contributed by atoms with van der Waals surface area (Å²) >= 11 is 0. The Labute approximate surface area is 106 Å². The van der Waals surface area contributed by atoms with Gasteiger partial charge in [0.1, 0.15) is 0 Å². The van der Waals surface area contributed by atoms with Crippen LogP contribution in [0.4, 0.5) is 4.39 Å². The van der Waals surface area contributed by atoms with E-state index in [0.717, 1.165) is 18.4 Å². The second-order valence-electron chi connectivity index (χ2n) is 4.30. The average molecular weight is 252 g/mol. The highest BCUT2D eigenvalue weighted by Gasteiger charge is 2.23. The van der Waals surface area contributed by atoms with Gasteiger partial charge in [-0.15, -0.1) is 0 Å². The summed E-state index contributed by atoms with van der Waals surface area (Å²) in [6.45, 7) is 0.730. The van der Waals surface area contributed by atoms with Crippen LogP contribution in [0.5, 0.6) is 5.75 Å². The summed E-state index contributed by atoms with van der Waals surface area (Å²) < 4.78 is 19.1. The van der Waals surface area contributed by atoms with Crippen LogP contribution in [-0.2, 0) is 4.79 Å². The van der Waals surface area contributed by atoms with E-state index < -0.39 is 0 Å². The van der Waals surface area contributed by atoms with Crippen LogP contribution < -0.4 is 15.4 Å². The molecule has 1 atom stereocenters. The molecule has 0 saturated carbocycles. The third-order valence-corrected chi connectivity index (χ3v) is 2.93. The molecule has 1 heterocycles. The molecule has 2 N–H and O–H groups in total. The van der Waals surface area contributed by atoms with Crippen LogP contribution in [0.2, 0.25) is 0 Å². The van der Waals surface area contributed by atoms with Crippen molar-refractivity contribution >= 4 is 5.91 Å². The lowest BCUT2D eigenvalue weighted by Gasteiger charge is -2.18. The van der Waals surface area contributed by atoms with Gasteiger partial charge in [-0.3, -0.25) is 4.79 Å². The van der Waals surface area contributed by atoms with Gasteiger partial charge in [-0.05, 0) is 26.0 Å². The van der Waals surface area contributed by atoms with Crippen LogP contribution in [0.1, 0.15) is 24.4 Å². The molecule has 1 aromatic carbocycles. The van der Waals surface area contributed by atoms with Crippen LogP contribution in [0.25, 0.3) is 0 Å². The lowest BCUT2D eigenvalue weighted by molar-refractivity contribution is -0.120. The second-order valence-corrected chi connectivity index (χ2v) is 4.30. The molecule has 0 aliphatic carbocycles. The molecular formula is C13H17FN2O2.